The lowest BCUT2D eigenvalue weighted by molar-refractivity contribution is -0.137. The van der Waals surface area contributed by atoms with Gasteiger partial charge < -0.3 is 15.7 Å². The van der Waals surface area contributed by atoms with Crippen molar-refractivity contribution in [2.45, 2.75) is 45.1 Å². The lowest BCUT2D eigenvalue weighted by Crippen LogP contribution is -2.33. The zero-order valence-corrected chi connectivity index (χ0v) is 12.3. The van der Waals surface area contributed by atoms with Gasteiger partial charge in [-0.15, -0.1) is 0 Å². The second kappa shape index (κ2) is 7.11. The molecule has 21 heavy (non-hydrogen) atoms. The molecular formula is C16H22N2O3. The van der Waals surface area contributed by atoms with Crippen molar-refractivity contribution in [1.29, 1.82) is 0 Å². The van der Waals surface area contributed by atoms with Crippen LogP contribution < -0.4 is 10.6 Å². The average Bonchev–Trinajstić information content (AvgIpc) is 2.46. The Hall–Kier alpha value is -2.04. The number of aliphatic carboxylic acids is 1. The molecule has 1 atom stereocenters. The fourth-order valence-corrected chi connectivity index (χ4v) is 2.66. The van der Waals surface area contributed by atoms with Crippen LogP contribution in [0.25, 0.3) is 0 Å². The summed E-state index contributed by atoms with van der Waals surface area (Å²) in [6.45, 7) is 2.86. The summed E-state index contributed by atoms with van der Waals surface area (Å²) in [5.74, 6) is -0.866. The Kier molecular flexibility index (Phi) is 5.20. The molecular weight excluding hydrogens is 268 g/mol. The molecule has 1 aromatic rings. The summed E-state index contributed by atoms with van der Waals surface area (Å²) in [4.78, 5) is 22.9. The smallest absolute Gasteiger partial charge is 0.303 e. The van der Waals surface area contributed by atoms with E-state index in [1.165, 1.54) is 0 Å². The van der Waals surface area contributed by atoms with E-state index in [9.17, 15) is 9.59 Å². The predicted octanol–water partition coefficient (Wildman–Crippen LogP) is 2.42. The highest BCUT2D eigenvalue weighted by Crippen LogP contribution is 2.25. The van der Waals surface area contributed by atoms with Crippen LogP contribution in [0.1, 0.15) is 48.5 Å². The third-order valence-electron chi connectivity index (χ3n) is 3.74. The fraction of sp³-hybridized carbons (Fsp3) is 0.500. The zero-order chi connectivity index (χ0) is 15.2. The van der Waals surface area contributed by atoms with Crippen molar-refractivity contribution in [1.82, 2.24) is 5.32 Å². The Bertz CT molecular complexity index is 528. The quantitative estimate of drug-likeness (QED) is 0.752. The molecule has 1 aliphatic rings. The Morgan fingerprint density at radius 2 is 2.24 bits per heavy atom. The van der Waals surface area contributed by atoms with E-state index in [1.807, 2.05) is 25.1 Å². The monoisotopic (exact) mass is 290 g/mol. The van der Waals surface area contributed by atoms with Gasteiger partial charge in [0.15, 0.2) is 0 Å². The Morgan fingerprint density at radius 1 is 1.43 bits per heavy atom. The van der Waals surface area contributed by atoms with Gasteiger partial charge in [0, 0.05) is 30.3 Å². The normalized spacial score (nSPS) is 14.7. The highest BCUT2D eigenvalue weighted by molar-refractivity contribution is 5.97. The molecule has 1 heterocycles. The molecule has 5 heteroatoms. The van der Waals surface area contributed by atoms with Crippen molar-refractivity contribution in [3.05, 3.63) is 29.3 Å². The minimum absolute atomic E-state index is 0.0238. The first-order valence-electron chi connectivity index (χ1n) is 7.46. The van der Waals surface area contributed by atoms with Gasteiger partial charge in [0.25, 0.3) is 5.91 Å². The predicted molar refractivity (Wildman–Crippen MR) is 81.7 cm³/mol. The van der Waals surface area contributed by atoms with E-state index in [0.29, 0.717) is 12.8 Å². The summed E-state index contributed by atoms with van der Waals surface area (Å²) in [6, 6.07) is 5.72. The van der Waals surface area contributed by atoms with Crippen LogP contribution >= 0.6 is 0 Å². The van der Waals surface area contributed by atoms with E-state index in [2.05, 4.69) is 10.6 Å². The van der Waals surface area contributed by atoms with Crippen molar-refractivity contribution in [3.63, 3.8) is 0 Å². The maximum atomic E-state index is 12.4. The zero-order valence-electron chi connectivity index (χ0n) is 12.3. The van der Waals surface area contributed by atoms with E-state index in [-0.39, 0.29) is 18.4 Å². The van der Waals surface area contributed by atoms with Gasteiger partial charge in [-0.3, -0.25) is 9.59 Å². The van der Waals surface area contributed by atoms with Crippen LogP contribution in [0.4, 0.5) is 5.69 Å². The number of benzene rings is 1. The first kappa shape index (κ1) is 15.4. The number of amides is 1. The van der Waals surface area contributed by atoms with Crippen molar-refractivity contribution >= 4 is 17.6 Å². The maximum Gasteiger partial charge on any atom is 0.303 e. The molecule has 2 rings (SSSR count). The first-order chi connectivity index (χ1) is 10.1. The van der Waals surface area contributed by atoms with Crippen molar-refractivity contribution < 1.29 is 14.7 Å². The molecule has 0 saturated heterocycles. The molecule has 1 amide bonds. The molecule has 0 bridgehead atoms. The van der Waals surface area contributed by atoms with Gasteiger partial charge in [0.1, 0.15) is 0 Å². The summed E-state index contributed by atoms with van der Waals surface area (Å²) in [5.41, 5.74) is 2.86. The molecule has 114 valence electrons. The molecule has 0 fully saturated rings. The molecule has 1 unspecified atom stereocenters. The van der Waals surface area contributed by atoms with Crippen LogP contribution in [0.2, 0.25) is 0 Å². The molecule has 5 nitrogen and oxygen atoms in total. The Morgan fingerprint density at radius 3 is 3.00 bits per heavy atom. The largest absolute Gasteiger partial charge is 0.481 e. The van der Waals surface area contributed by atoms with Crippen LogP contribution in [0.15, 0.2) is 18.2 Å². The number of carboxylic acids is 1. The van der Waals surface area contributed by atoms with Gasteiger partial charge in [-0.25, -0.2) is 0 Å². The number of carbonyl (C=O) groups is 2. The topological polar surface area (TPSA) is 78.4 Å². The van der Waals surface area contributed by atoms with Crippen LogP contribution in [-0.4, -0.2) is 29.6 Å². The third-order valence-corrected chi connectivity index (χ3v) is 3.74. The van der Waals surface area contributed by atoms with Crippen LogP contribution in [0.5, 0.6) is 0 Å². The molecule has 0 aromatic heterocycles. The summed E-state index contributed by atoms with van der Waals surface area (Å²) in [6.07, 6.45) is 3.34. The van der Waals surface area contributed by atoms with E-state index in [4.69, 9.17) is 5.11 Å². The first-order valence-corrected chi connectivity index (χ1v) is 7.46. The maximum absolute atomic E-state index is 12.4. The number of anilines is 1. The Labute approximate surface area is 124 Å². The van der Waals surface area contributed by atoms with Crippen molar-refractivity contribution in [3.8, 4) is 0 Å². The van der Waals surface area contributed by atoms with Gasteiger partial charge in [-0.1, -0.05) is 6.07 Å². The molecule has 1 aliphatic heterocycles. The number of hydrogen-bond donors (Lipinski definition) is 3. The van der Waals surface area contributed by atoms with Gasteiger partial charge in [-0.05, 0) is 50.3 Å². The number of rotatable bonds is 6. The summed E-state index contributed by atoms with van der Waals surface area (Å²) >= 11 is 0. The summed E-state index contributed by atoms with van der Waals surface area (Å²) in [7, 11) is 0. The van der Waals surface area contributed by atoms with E-state index in [1.54, 1.807) is 0 Å². The molecule has 3 N–H and O–H groups in total. The molecule has 0 spiro atoms. The number of carbonyl (C=O) groups excluding carboxylic acids is 1. The third kappa shape index (κ3) is 4.21. The lowest BCUT2D eigenvalue weighted by Gasteiger charge is -2.21. The summed E-state index contributed by atoms with van der Waals surface area (Å²) < 4.78 is 0. The SMILES string of the molecule is CC(CCCC(=O)O)NC(=O)c1cccc2c1CCCN2. The van der Waals surface area contributed by atoms with Gasteiger partial charge >= 0.3 is 5.97 Å². The highest BCUT2D eigenvalue weighted by atomic mass is 16.4. The van der Waals surface area contributed by atoms with E-state index in [0.717, 1.165) is 36.2 Å². The fourth-order valence-electron chi connectivity index (χ4n) is 2.66. The molecule has 0 radical (unpaired) electrons. The number of nitrogens with one attached hydrogen (secondary N) is 2. The van der Waals surface area contributed by atoms with E-state index < -0.39 is 5.97 Å². The van der Waals surface area contributed by atoms with Gasteiger partial charge in [0.2, 0.25) is 0 Å². The lowest BCUT2D eigenvalue weighted by atomic mass is 9.97. The summed E-state index contributed by atoms with van der Waals surface area (Å²) in [5, 5.41) is 14.9. The standard InChI is InChI=1S/C16H22N2O3/c1-11(5-2-9-15(19)20)18-16(21)13-6-3-8-14-12(13)7-4-10-17-14/h3,6,8,11,17H,2,4-5,7,9-10H2,1H3,(H,18,21)(H,19,20). The molecule has 1 aromatic carbocycles. The van der Waals surface area contributed by atoms with Gasteiger partial charge in [-0.2, -0.15) is 0 Å². The number of carboxylic acid groups (broad SMARTS) is 1. The van der Waals surface area contributed by atoms with Crippen LogP contribution in [0.3, 0.4) is 0 Å². The van der Waals surface area contributed by atoms with Crippen molar-refractivity contribution in [2.24, 2.45) is 0 Å². The second-order valence-electron chi connectivity index (χ2n) is 5.52. The molecule has 0 aliphatic carbocycles. The van der Waals surface area contributed by atoms with E-state index >= 15 is 0 Å². The minimum atomic E-state index is -0.795. The number of hydrogen-bond acceptors (Lipinski definition) is 3. The van der Waals surface area contributed by atoms with Gasteiger partial charge in [0.05, 0.1) is 0 Å². The Balaban J connectivity index is 1.95. The highest BCUT2D eigenvalue weighted by Gasteiger charge is 2.18. The number of fused-ring (bicyclic) bond motifs is 1. The molecule has 0 saturated carbocycles. The average molecular weight is 290 g/mol. The van der Waals surface area contributed by atoms with Crippen LogP contribution in [0, 0.1) is 0 Å². The van der Waals surface area contributed by atoms with Crippen molar-refractivity contribution in [2.75, 3.05) is 11.9 Å². The second-order valence-corrected chi connectivity index (χ2v) is 5.52. The van der Waals surface area contributed by atoms with Crippen LogP contribution in [-0.2, 0) is 11.2 Å². The minimum Gasteiger partial charge on any atom is -0.481 e.